The number of hydrogen-bond donors (Lipinski definition) is 0. The van der Waals surface area contributed by atoms with Crippen LogP contribution in [0.2, 0.25) is 0 Å². The van der Waals surface area contributed by atoms with Gasteiger partial charge in [0.25, 0.3) is 0 Å². The fourth-order valence-electron chi connectivity index (χ4n) is 1.66. The van der Waals surface area contributed by atoms with Gasteiger partial charge < -0.3 is 4.74 Å². The number of nitriles is 1. The van der Waals surface area contributed by atoms with Gasteiger partial charge in [0.1, 0.15) is 11.6 Å². The molecule has 0 saturated heterocycles. The molecule has 0 N–H and O–H groups in total. The monoisotopic (exact) mass is 212 g/mol. The van der Waals surface area contributed by atoms with E-state index in [0.29, 0.717) is 18.1 Å². The van der Waals surface area contributed by atoms with Crippen molar-refractivity contribution >= 4 is 10.9 Å². The smallest absolute Gasteiger partial charge is 0.232 e. The lowest BCUT2D eigenvalue weighted by Crippen LogP contribution is -1.98. The van der Waals surface area contributed by atoms with Gasteiger partial charge in [-0.25, -0.2) is 4.98 Å². The summed E-state index contributed by atoms with van der Waals surface area (Å²) in [7, 11) is 0. The Hall–Kier alpha value is -2.08. The first-order chi connectivity index (χ1) is 7.76. The highest BCUT2D eigenvalue weighted by Gasteiger charge is 2.08. The van der Waals surface area contributed by atoms with Crippen molar-refractivity contribution in [3.05, 3.63) is 35.4 Å². The van der Waals surface area contributed by atoms with Crippen molar-refractivity contribution in [2.45, 2.75) is 13.8 Å². The number of pyridine rings is 1. The van der Waals surface area contributed by atoms with Crippen LogP contribution in [0.4, 0.5) is 0 Å². The number of aromatic nitrogens is 1. The second-order valence-electron chi connectivity index (χ2n) is 3.53. The lowest BCUT2D eigenvalue weighted by molar-refractivity contribution is 0.327. The SMILES string of the molecule is CCOc1nc2c(C)cccc2cc1C#N. The lowest BCUT2D eigenvalue weighted by atomic mass is 10.1. The molecule has 0 fully saturated rings. The summed E-state index contributed by atoms with van der Waals surface area (Å²) in [5.74, 6) is 0.423. The summed E-state index contributed by atoms with van der Waals surface area (Å²) < 4.78 is 5.36. The largest absolute Gasteiger partial charge is 0.477 e. The molecule has 0 aliphatic heterocycles. The molecule has 3 heteroatoms. The van der Waals surface area contributed by atoms with E-state index in [1.54, 1.807) is 0 Å². The fraction of sp³-hybridized carbons (Fsp3) is 0.231. The van der Waals surface area contributed by atoms with E-state index in [9.17, 15) is 0 Å². The third kappa shape index (κ3) is 1.70. The summed E-state index contributed by atoms with van der Waals surface area (Å²) in [6, 6.07) is 9.83. The van der Waals surface area contributed by atoms with Crippen LogP contribution in [0.3, 0.4) is 0 Å². The van der Waals surface area contributed by atoms with Gasteiger partial charge in [0.15, 0.2) is 0 Å². The summed E-state index contributed by atoms with van der Waals surface area (Å²) in [6.07, 6.45) is 0. The maximum atomic E-state index is 9.00. The average Bonchev–Trinajstić information content (AvgIpc) is 2.30. The maximum Gasteiger partial charge on any atom is 0.232 e. The van der Waals surface area contributed by atoms with Gasteiger partial charge in [0.2, 0.25) is 5.88 Å². The third-order valence-electron chi connectivity index (χ3n) is 2.41. The number of rotatable bonds is 2. The molecule has 16 heavy (non-hydrogen) atoms. The zero-order valence-corrected chi connectivity index (χ0v) is 9.32. The van der Waals surface area contributed by atoms with Gasteiger partial charge in [-0.2, -0.15) is 5.26 Å². The van der Waals surface area contributed by atoms with Crippen LogP contribution in [0, 0.1) is 18.3 Å². The minimum Gasteiger partial charge on any atom is -0.477 e. The molecule has 0 unspecified atom stereocenters. The number of ether oxygens (including phenoxy) is 1. The normalized spacial score (nSPS) is 10.1. The molecule has 2 aromatic rings. The van der Waals surface area contributed by atoms with Gasteiger partial charge >= 0.3 is 0 Å². The molecule has 0 radical (unpaired) electrons. The van der Waals surface area contributed by atoms with Crippen LogP contribution in [0.1, 0.15) is 18.1 Å². The third-order valence-corrected chi connectivity index (χ3v) is 2.41. The van der Waals surface area contributed by atoms with E-state index in [1.807, 2.05) is 38.1 Å². The Bertz CT molecular complexity index is 570. The van der Waals surface area contributed by atoms with E-state index >= 15 is 0 Å². The molecule has 3 nitrogen and oxygen atoms in total. The maximum absolute atomic E-state index is 9.00. The minimum absolute atomic E-state index is 0.423. The number of nitrogens with zero attached hydrogens (tertiary/aromatic N) is 2. The first-order valence-electron chi connectivity index (χ1n) is 5.19. The Kier molecular flexibility index (Phi) is 2.74. The summed E-state index contributed by atoms with van der Waals surface area (Å²) in [5, 5.41) is 9.98. The molecule has 80 valence electrons. The summed E-state index contributed by atoms with van der Waals surface area (Å²) in [5.41, 5.74) is 2.47. The number of para-hydroxylation sites is 1. The minimum atomic E-state index is 0.423. The zero-order valence-electron chi connectivity index (χ0n) is 9.32. The van der Waals surface area contributed by atoms with Crippen molar-refractivity contribution in [1.29, 1.82) is 5.26 Å². The van der Waals surface area contributed by atoms with Gasteiger partial charge in [-0.05, 0) is 25.5 Å². The quantitative estimate of drug-likeness (QED) is 0.768. The van der Waals surface area contributed by atoms with Crippen LogP contribution < -0.4 is 4.74 Å². The summed E-state index contributed by atoms with van der Waals surface area (Å²) in [4.78, 5) is 4.39. The number of aryl methyl sites for hydroxylation is 1. The summed E-state index contributed by atoms with van der Waals surface area (Å²) >= 11 is 0. The molecule has 0 aliphatic carbocycles. The van der Waals surface area contributed by atoms with Crippen LogP contribution >= 0.6 is 0 Å². The Morgan fingerprint density at radius 1 is 1.44 bits per heavy atom. The van der Waals surface area contributed by atoms with Crippen LogP contribution in [0.5, 0.6) is 5.88 Å². The number of fused-ring (bicyclic) bond motifs is 1. The van der Waals surface area contributed by atoms with E-state index in [1.165, 1.54) is 0 Å². The molecule has 1 heterocycles. The Balaban J connectivity index is 2.72. The van der Waals surface area contributed by atoms with Crippen molar-refractivity contribution < 1.29 is 4.74 Å². The average molecular weight is 212 g/mol. The Morgan fingerprint density at radius 2 is 2.25 bits per heavy atom. The molecule has 0 saturated carbocycles. The second-order valence-corrected chi connectivity index (χ2v) is 3.53. The highest BCUT2D eigenvalue weighted by atomic mass is 16.5. The predicted molar refractivity (Wildman–Crippen MR) is 62.4 cm³/mol. The molecular weight excluding hydrogens is 200 g/mol. The van der Waals surface area contributed by atoms with Gasteiger partial charge in [-0.15, -0.1) is 0 Å². The molecule has 0 spiro atoms. The topological polar surface area (TPSA) is 45.9 Å². The predicted octanol–water partition coefficient (Wildman–Crippen LogP) is 2.81. The zero-order chi connectivity index (χ0) is 11.5. The van der Waals surface area contributed by atoms with Gasteiger partial charge in [0, 0.05) is 5.39 Å². The fourth-order valence-corrected chi connectivity index (χ4v) is 1.66. The van der Waals surface area contributed by atoms with Crippen LogP contribution in [0.15, 0.2) is 24.3 Å². The molecule has 0 atom stereocenters. The molecule has 1 aromatic carbocycles. The van der Waals surface area contributed by atoms with E-state index in [-0.39, 0.29) is 0 Å². The molecule has 1 aromatic heterocycles. The van der Waals surface area contributed by atoms with E-state index < -0.39 is 0 Å². The van der Waals surface area contributed by atoms with E-state index in [4.69, 9.17) is 10.00 Å². The van der Waals surface area contributed by atoms with Crippen LogP contribution in [-0.4, -0.2) is 11.6 Å². The van der Waals surface area contributed by atoms with Crippen molar-refractivity contribution in [1.82, 2.24) is 4.98 Å². The van der Waals surface area contributed by atoms with Crippen LogP contribution in [-0.2, 0) is 0 Å². The van der Waals surface area contributed by atoms with Crippen molar-refractivity contribution in [3.63, 3.8) is 0 Å². The summed E-state index contributed by atoms with van der Waals surface area (Å²) in [6.45, 7) is 4.39. The van der Waals surface area contributed by atoms with E-state index in [2.05, 4.69) is 11.1 Å². The lowest BCUT2D eigenvalue weighted by Gasteiger charge is -2.07. The van der Waals surface area contributed by atoms with Gasteiger partial charge in [0.05, 0.1) is 12.1 Å². The molecule has 0 amide bonds. The van der Waals surface area contributed by atoms with Crippen molar-refractivity contribution in [2.24, 2.45) is 0 Å². The first kappa shape index (κ1) is 10.4. The molecule has 0 aliphatic rings. The number of hydrogen-bond acceptors (Lipinski definition) is 3. The molecule has 2 rings (SSSR count). The highest BCUT2D eigenvalue weighted by molar-refractivity contribution is 5.83. The Labute approximate surface area is 94.3 Å². The Morgan fingerprint density at radius 3 is 2.94 bits per heavy atom. The van der Waals surface area contributed by atoms with Gasteiger partial charge in [-0.3, -0.25) is 0 Å². The molecule has 0 bridgehead atoms. The first-order valence-corrected chi connectivity index (χ1v) is 5.19. The second kappa shape index (κ2) is 4.19. The number of benzene rings is 1. The highest BCUT2D eigenvalue weighted by Crippen LogP contribution is 2.23. The van der Waals surface area contributed by atoms with Gasteiger partial charge in [-0.1, -0.05) is 18.2 Å². The molecular formula is C13H12N2O. The van der Waals surface area contributed by atoms with Crippen molar-refractivity contribution in [3.8, 4) is 11.9 Å². The van der Waals surface area contributed by atoms with Crippen LogP contribution in [0.25, 0.3) is 10.9 Å². The standard InChI is InChI=1S/C13H12N2O/c1-3-16-13-11(8-14)7-10-6-4-5-9(2)12(10)15-13/h4-7H,3H2,1-2H3. The van der Waals surface area contributed by atoms with Crippen molar-refractivity contribution in [2.75, 3.05) is 6.61 Å². The van der Waals surface area contributed by atoms with E-state index in [0.717, 1.165) is 16.5 Å².